The number of nitrogens with zero attached hydrogens (tertiary/aromatic N) is 1. The number of thiophene rings is 1. The summed E-state index contributed by atoms with van der Waals surface area (Å²) < 4.78 is 3.94. The average molecular weight is 308 g/mol. The van der Waals surface area contributed by atoms with Crippen LogP contribution in [0.4, 0.5) is 5.00 Å². The summed E-state index contributed by atoms with van der Waals surface area (Å²) in [6.07, 6.45) is 3.08. The highest BCUT2D eigenvalue weighted by Crippen LogP contribution is 2.24. The molecule has 104 valence electrons. The number of aryl methyl sites for hydroxylation is 2. The summed E-state index contributed by atoms with van der Waals surface area (Å²) in [5.74, 6) is -1.47. The molecule has 0 saturated heterocycles. The predicted octanol–water partition coefficient (Wildman–Crippen LogP) is 3.17. The molecule has 7 heteroatoms. The zero-order valence-electron chi connectivity index (χ0n) is 10.8. The molecule has 0 aliphatic heterocycles. The predicted molar refractivity (Wildman–Crippen MR) is 80.5 cm³/mol. The van der Waals surface area contributed by atoms with Crippen molar-refractivity contribution in [3.63, 3.8) is 0 Å². The maximum Gasteiger partial charge on any atom is 0.340 e. The Morgan fingerprint density at radius 1 is 1.35 bits per heavy atom. The molecule has 2 aromatic rings. The summed E-state index contributed by atoms with van der Waals surface area (Å²) in [6.45, 7) is 3.58. The fraction of sp³-hybridized carbons (Fsp3) is 0.154. The van der Waals surface area contributed by atoms with Crippen molar-refractivity contribution in [1.82, 2.24) is 4.37 Å². The van der Waals surface area contributed by atoms with Gasteiger partial charge in [0.15, 0.2) is 0 Å². The Kier molecular flexibility index (Phi) is 4.31. The van der Waals surface area contributed by atoms with Gasteiger partial charge in [-0.05, 0) is 43.6 Å². The van der Waals surface area contributed by atoms with Gasteiger partial charge in [0.25, 0.3) is 0 Å². The summed E-state index contributed by atoms with van der Waals surface area (Å²) in [6, 6.07) is 3.89. The minimum absolute atomic E-state index is 0.0451. The first-order chi connectivity index (χ1) is 9.47. The lowest BCUT2D eigenvalue weighted by Crippen LogP contribution is -2.10. The smallest absolute Gasteiger partial charge is 0.340 e. The second kappa shape index (κ2) is 5.98. The van der Waals surface area contributed by atoms with E-state index in [1.54, 1.807) is 24.3 Å². The minimum atomic E-state index is -1.09. The number of carboxylic acids is 1. The molecule has 0 spiro atoms. The number of anilines is 1. The monoisotopic (exact) mass is 308 g/mol. The van der Waals surface area contributed by atoms with Gasteiger partial charge in [0, 0.05) is 15.8 Å². The van der Waals surface area contributed by atoms with E-state index in [-0.39, 0.29) is 16.5 Å². The Labute approximate surface area is 123 Å². The van der Waals surface area contributed by atoms with Crippen molar-refractivity contribution < 1.29 is 14.7 Å². The molecule has 0 aliphatic carbocycles. The molecule has 5 nitrogen and oxygen atoms in total. The van der Waals surface area contributed by atoms with Crippen molar-refractivity contribution in [2.75, 3.05) is 5.32 Å². The van der Waals surface area contributed by atoms with E-state index >= 15 is 0 Å². The van der Waals surface area contributed by atoms with Gasteiger partial charge in [-0.3, -0.25) is 4.79 Å². The van der Waals surface area contributed by atoms with Crippen molar-refractivity contribution in [2.45, 2.75) is 13.8 Å². The first kappa shape index (κ1) is 14.4. The number of carbonyl (C=O) groups is 2. The number of carbonyl (C=O) groups excluding carboxylic acids is 1. The number of carboxylic acid groups (broad SMARTS) is 1. The largest absolute Gasteiger partial charge is 0.478 e. The van der Waals surface area contributed by atoms with Crippen LogP contribution >= 0.6 is 22.9 Å². The molecule has 0 radical (unpaired) electrons. The van der Waals surface area contributed by atoms with Crippen LogP contribution in [0.15, 0.2) is 18.2 Å². The molecule has 20 heavy (non-hydrogen) atoms. The van der Waals surface area contributed by atoms with Crippen LogP contribution in [0, 0.1) is 13.8 Å². The van der Waals surface area contributed by atoms with Gasteiger partial charge < -0.3 is 10.4 Å². The lowest BCUT2D eigenvalue weighted by Gasteiger charge is -1.99. The average Bonchev–Trinajstić information content (AvgIpc) is 2.93. The Bertz CT molecular complexity index is 686. The maximum absolute atomic E-state index is 11.8. The molecular weight excluding hydrogens is 296 g/mol. The number of hydrogen-bond donors (Lipinski definition) is 2. The number of aromatic nitrogens is 1. The zero-order valence-corrected chi connectivity index (χ0v) is 12.5. The summed E-state index contributed by atoms with van der Waals surface area (Å²) in [4.78, 5) is 25.0. The molecule has 0 unspecified atom stereocenters. The number of aromatic carboxylic acids is 1. The fourth-order valence-corrected chi connectivity index (χ4v) is 3.13. The zero-order chi connectivity index (χ0) is 14.7. The van der Waals surface area contributed by atoms with Crippen molar-refractivity contribution in [1.29, 1.82) is 0 Å². The van der Waals surface area contributed by atoms with Crippen LogP contribution in [0.2, 0.25) is 0 Å². The molecule has 2 heterocycles. The minimum Gasteiger partial charge on any atom is -0.478 e. The number of amides is 1. The first-order valence-electron chi connectivity index (χ1n) is 5.72. The quantitative estimate of drug-likeness (QED) is 0.850. The van der Waals surface area contributed by atoms with E-state index in [1.165, 1.54) is 6.08 Å². The van der Waals surface area contributed by atoms with E-state index in [9.17, 15) is 9.59 Å². The highest BCUT2D eigenvalue weighted by molar-refractivity contribution is 7.12. The third kappa shape index (κ3) is 3.31. The van der Waals surface area contributed by atoms with Crippen LogP contribution in [-0.4, -0.2) is 21.4 Å². The van der Waals surface area contributed by atoms with Gasteiger partial charge in [-0.2, -0.15) is 4.37 Å². The van der Waals surface area contributed by atoms with Crippen molar-refractivity contribution in [3.8, 4) is 0 Å². The normalized spacial score (nSPS) is 10.9. The molecule has 0 aliphatic rings. The standard InChI is InChI=1S/C13H12N2O3S2/c1-7-3-4-9(19-7)5-6-10(16)14-12-11(13(17)18)8(2)15-20-12/h3-6H,1-2H3,(H,14,16)(H,17,18)/b6-5+. The summed E-state index contributed by atoms with van der Waals surface area (Å²) in [5.41, 5.74) is 0.444. The molecule has 0 saturated carbocycles. The number of rotatable bonds is 4. The Morgan fingerprint density at radius 3 is 2.70 bits per heavy atom. The number of nitrogens with one attached hydrogen (secondary N) is 1. The Balaban J connectivity index is 2.09. The molecule has 0 atom stereocenters. The maximum atomic E-state index is 11.8. The third-order valence-corrected chi connectivity index (χ3v) is 4.29. The van der Waals surface area contributed by atoms with Crippen LogP contribution < -0.4 is 5.32 Å². The van der Waals surface area contributed by atoms with E-state index in [0.717, 1.165) is 21.3 Å². The van der Waals surface area contributed by atoms with Crippen LogP contribution in [0.1, 0.15) is 25.8 Å². The van der Waals surface area contributed by atoms with Crippen LogP contribution in [-0.2, 0) is 4.79 Å². The van der Waals surface area contributed by atoms with Crippen LogP contribution in [0.3, 0.4) is 0 Å². The van der Waals surface area contributed by atoms with Gasteiger partial charge in [-0.25, -0.2) is 4.79 Å². The van der Waals surface area contributed by atoms with Crippen molar-refractivity contribution in [3.05, 3.63) is 39.2 Å². The molecule has 0 aromatic carbocycles. The van der Waals surface area contributed by atoms with Crippen molar-refractivity contribution in [2.24, 2.45) is 0 Å². The summed E-state index contributed by atoms with van der Waals surface area (Å²) in [7, 11) is 0. The van der Waals surface area contributed by atoms with E-state index in [1.807, 2.05) is 19.1 Å². The van der Waals surface area contributed by atoms with Crippen LogP contribution in [0.25, 0.3) is 6.08 Å². The second-order valence-corrected chi connectivity index (χ2v) is 6.14. The van der Waals surface area contributed by atoms with Gasteiger partial charge >= 0.3 is 5.97 Å². The number of hydrogen-bond acceptors (Lipinski definition) is 5. The second-order valence-electron chi connectivity index (χ2n) is 4.05. The molecule has 2 rings (SSSR count). The van der Waals surface area contributed by atoms with E-state index < -0.39 is 5.97 Å². The van der Waals surface area contributed by atoms with Crippen molar-refractivity contribution >= 4 is 45.8 Å². The van der Waals surface area contributed by atoms with Gasteiger partial charge in [0.05, 0.1) is 5.69 Å². The SMILES string of the molecule is Cc1ccc(/C=C/C(=O)Nc2snc(C)c2C(=O)O)s1. The molecule has 0 fully saturated rings. The van der Waals surface area contributed by atoms with E-state index in [4.69, 9.17) is 5.11 Å². The van der Waals surface area contributed by atoms with Gasteiger partial charge in [-0.15, -0.1) is 11.3 Å². The van der Waals surface area contributed by atoms with E-state index in [2.05, 4.69) is 9.69 Å². The Hall–Kier alpha value is -1.99. The molecule has 2 aromatic heterocycles. The van der Waals surface area contributed by atoms with Gasteiger partial charge in [0.1, 0.15) is 10.6 Å². The highest BCUT2D eigenvalue weighted by atomic mass is 32.1. The third-order valence-electron chi connectivity index (χ3n) is 2.47. The lowest BCUT2D eigenvalue weighted by molar-refractivity contribution is -0.111. The van der Waals surface area contributed by atoms with Gasteiger partial charge in [-0.1, -0.05) is 0 Å². The van der Waals surface area contributed by atoms with Gasteiger partial charge in [0.2, 0.25) is 5.91 Å². The van der Waals surface area contributed by atoms with E-state index in [0.29, 0.717) is 5.69 Å². The summed E-state index contributed by atoms with van der Waals surface area (Å²) >= 11 is 2.54. The Morgan fingerprint density at radius 2 is 2.10 bits per heavy atom. The highest BCUT2D eigenvalue weighted by Gasteiger charge is 2.18. The van der Waals surface area contributed by atoms with Crippen LogP contribution in [0.5, 0.6) is 0 Å². The first-order valence-corrected chi connectivity index (χ1v) is 7.31. The molecule has 1 amide bonds. The fourth-order valence-electron chi connectivity index (χ4n) is 1.56. The lowest BCUT2D eigenvalue weighted by atomic mass is 10.2. The molecule has 2 N–H and O–H groups in total. The summed E-state index contributed by atoms with van der Waals surface area (Å²) in [5, 5.41) is 11.9. The topological polar surface area (TPSA) is 79.3 Å². The molecule has 0 bridgehead atoms. The molecular formula is C13H12N2O3S2.